The van der Waals surface area contributed by atoms with Crippen LogP contribution in [0.15, 0.2) is 24.3 Å². The second kappa shape index (κ2) is 7.41. The fourth-order valence-electron chi connectivity index (χ4n) is 2.66. The summed E-state index contributed by atoms with van der Waals surface area (Å²) in [5.74, 6) is 0.910. The molecule has 110 valence electrons. The fraction of sp³-hybridized carbons (Fsp3) is 0.562. The lowest BCUT2D eigenvalue weighted by Gasteiger charge is -2.15. The van der Waals surface area contributed by atoms with Crippen molar-refractivity contribution in [1.29, 1.82) is 0 Å². The predicted octanol–water partition coefficient (Wildman–Crippen LogP) is 2.21. The molecule has 20 heavy (non-hydrogen) atoms. The van der Waals surface area contributed by atoms with E-state index in [0.717, 1.165) is 36.8 Å². The number of amides is 1. The molecule has 1 aromatic carbocycles. The number of benzene rings is 1. The van der Waals surface area contributed by atoms with E-state index in [0.29, 0.717) is 13.0 Å². The van der Waals surface area contributed by atoms with Gasteiger partial charge in [-0.15, -0.1) is 0 Å². The molecular weight excluding hydrogens is 250 g/mol. The van der Waals surface area contributed by atoms with Crippen molar-refractivity contribution < 1.29 is 4.79 Å². The third-order valence-electron chi connectivity index (χ3n) is 4.08. The molecule has 4 heteroatoms. The van der Waals surface area contributed by atoms with Gasteiger partial charge in [0.05, 0.1) is 0 Å². The van der Waals surface area contributed by atoms with Crippen LogP contribution in [0.4, 0.5) is 5.69 Å². The minimum atomic E-state index is 0.0884. The minimum absolute atomic E-state index is 0.0884. The molecule has 0 bridgehead atoms. The Morgan fingerprint density at radius 3 is 2.75 bits per heavy atom. The highest BCUT2D eigenvalue weighted by Crippen LogP contribution is 2.19. The van der Waals surface area contributed by atoms with Crippen LogP contribution in [-0.2, 0) is 11.3 Å². The molecular formula is C16H25N3O. The van der Waals surface area contributed by atoms with Crippen LogP contribution in [0.25, 0.3) is 0 Å². The number of nitrogens with two attached hydrogens (primary N) is 1. The van der Waals surface area contributed by atoms with Crippen LogP contribution in [0.3, 0.4) is 0 Å². The topological polar surface area (TPSA) is 58.4 Å². The van der Waals surface area contributed by atoms with E-state index in [1.165, 1.54) is 12.8 Å². The summed E-state index contributed by atoms with van der Waals surface area (Å²) < 4.78 is 0. The molecule has 4 nitrogen and oxygen atoms in total. The molecule has 0 aliphatic carbocycles. The summed E-state index contributed by atoms with van der Waals surface area (Å²) in [6, 6.07) is 7.70. The van der Waals surface area contributed by atoms with Crippen molar-refractivity contribution in [3.05, 3.63) is 29.8 Å². The van der Waals surface area contributed by atoms with E-state index in [2.05, 4.69) is 17.1 Å². The molecule has 3 N–H and O–H groups in total. The van der Waals surface area contributed by atoms with Crippen LogP contribution >= 0.6 is 0 Å². The second-order valence-corrected chi connectivity index (χ2v) is 5.56. The number of carbonyl (C=O) groups is 1. The van der Waals surface area contributed by atoms with E-state index in [1.54, 1.807) is 0 Å². The van der Waals surface area contributed by atoms with Gasteiger partial charge in [0.1, 0.15) is 0 Å². The molecule has 1 fully saturated rings. The summed E-state index contributed by atoms with van der Waals surface area (Å²) in [5, 5.41) is 2.94. The molecule has 1 atom stereocenters. The zero-order valence-electron chi connectivity index (χ0n) is 12.3. The largest absolute Gasteiger partial charge is 0.326 e. The highest BCUT2D eigenvalue weighted by molar-refractivity contribution is 5.90. The van der Waals surface area contributed by atoms with Gasteiger partial charge in [0, 0.05) is 31.7 Å². The molecule has 0 aromatic heterocycles. The third-order valence-corrected chi connectivity index (χ3v) is 4.08. The quantitative estimate of drug-likeness (QED) is 0.837. The molecule has 2 rings (SSSR count). The van der Waals surface area contributed by atoms with Crippen molar-refractivity contribution in [3.8, 4) is 0 Å². The zero-order chi connectivity index (χ0) is 14.4. The first-order valence-corrected chi connectivity index (χ1v) is 7.52. The van der Waals surface area contributed by atoms with Crippen LogP contribution in [0.5, 0.6) is 0 Å². The average Bonchev–Trinajstić information content (AvgIpc) is 2.94. The summed E-state index contributed by atoms with van der Waals surface area (Å²) in [7, 11) is 0. The standard InChI is InChI=1S/C16H25N3O/c1-2-13-7-9-19(12-13)10-8-16(20)18-15-5-3-14(11-17)4-6-15/h3-6,13H,2,7-12,17H2,1H3,(H,18,20). The van der Waals surface area contributed by atoms with Crippen LogP contribution in [0, 0.1) is 5.92 Å². The van der Waals surface area contributed by atoms with Crippen LogP contribution < -0.4 is 11.1 Å². The highest BCUT2D eigenvalue weighted by atomic mass is 16.1. The number of carbonyl (C=O) groups excluding carboxylic acids is 1. The number of likely N-dealkylation sites (tertiary alicyclic amines) is 1. The van der Waals surface area contributed by atoms with Crippen molar-refractivity contribution in [2.75, 3.05) is 25.0 Å². The molecule has 0 saturated carbocycles. The van der Waals surface area contributed by atoms with E-state index >= 15 is 0 Å². The summed E-state index contributed by atoms with van der Waals surface area (Å²) >= 11 is 0. The lowest BCUT2D eigenvalue weighted by molar-refractivity contribution is -0.116. The van der Waals surface area contributed by atoms with Crippen molar-refractivity contribution in [2.45, 2.75) is 32.7 Å². The first-order valence-electron chi connectivity index (χ1n) is 7.52. The fourth-order valence-corrected chi connectivity index (χ4v) is 2.66. The van der Waals surface area contributed by atoms with Gasteiger partial charge in [-0.05, 0) is 36.6 Å². The van der Waals surface area contributed by atoms with Gasteiger partial charge in [0.15, 0.2) is 0 Å². The average molecular weight is 275 g/mol. The number of anilines is 1. The Morgan fingerprint density at radius 2 is 2.15 bits per heavy atom. The molecule has 1 aromatic rings. The maximum Gasteiger partial charge on any atom is 0.225 e. The molecule has 1 heterocycles. The number of hydrogen-bond donors (Lipinski definition) is 2. The first kappa shape index (κ1) is 15.0. The Hall–Kier alpha value is -1.39. The third kappa shape index (κ3) is 4.32. The highest BCUT2D eigenvalue weighted by Gasteiger charge is 2.20. The SMILES string of the molecule is CCC1CCN(CCC(=O)Nc2ccc(CN)cc2)C1. The molecule has 0 spiro atoms. The van der Waals surface area contributed by atoms with Gasteiger partial charge in [-0.3, -0.25) is 4.79 Å². The summed E-state index contributed by atoms with van der Waals surface area (Å²) in [6.07, 6.45) is 3.09. The summed E-state index contributed by atoms with van der Waals surface area (Å²) in [4.78, 5) is 14.3. The Morgan fingerprint density at radius 1 is 1.40 bits per heavy atom. The monoisotopic (exact) mass is 275 g/mol. The molecule has 1 unspecified atom stereocenters. The summed E-state index contributed by atoms with van der Waals surface area (Å²) in [6.45, 7) is 5.92. The Kier molecular flexibility index (Phi) is 5.56. The minimum Gasteiger partial charge on any atom is -0.326 e. The smallest absolute Gasteiger partial charge is 0.225 e. The first-order chi connectivity index (χ1) is 9.71. The van der Waals surface area contributed by atoms with Gasteiger partial charge in [0.2, 0.25) is 5.91 Å². The van der Waals surface area contributed by atoms with Gasteiger partial charge < -0.3 is 16.0 Å². The normalized spacial score (nSPS) is 19.2. The lowest BCUT2D eigenvalue weighted by Crippen LogP contribution is -2.26. The molecule has 1 aliphatic heterocycles. The number of nitrogens with zero attached hydrogens (tertiary/aromatic N) is 1. The van der Waals surface area contributed by atoms with Gasteiger partial charge in [-0.1, -0.05) is 25.5 Å². The van der Waals surface area contributed by atoms with Gasteiger partial charge in [-0.2, -0.15) is 0 Å². The Bertz CT molecular complexity index is 430. The van der Waals surface area contributed by atoms with E-state index in [-0.39, 0.29) is 5.91 Å². The van der Waals surface area contributed by atoms with Gasteiger partial charge in [0.25, 0.3) is 0 Å². The van der Waals surface area contributed by atoms with Gasteiger partial charge in [-0.25, -0.2) is 0 Å². The van der Waals surface area contributed by atoms with Gasteiger partial charge >= 0.3 is 0 Å². The maximum atomic E-state index is 11.9. The van der Waals surface area contributed by atoms with Crippen molar-refractivity contribution in [3.63, 3.8) is 0 Å². The molecule has 1 saturated heterocycles. The van der Waals surface area contributed by atoms with Crippen LogP contribution in [-0.4, -0.2) is 30.4 Å². The van der Waals surface area contributed by atoms with Crippen molar-refractivity contribution >= 4 is 11.6 Å². The van der Waals surface area contributed by atoms with E-state index in [1.807, 2.05) is 24.3 Å². The Balaban J connectivity index is 1.72. The predicted molar refractivity (Wildman–Crippen MR) is 82.4 cm³/mol. The molecule has 1 aliphatic rings. The van der Waals surface area contributed by atoms with Crippen molar-refractivity contribution in [1.82, 2.24) is 4.90 Å². The number of hydrogen-bond acceptors (Lipinski definition) is 3. The Labute approximate surface area is 121 Å². The van der Waals surface area contributed by atoms with Crippen LogP contribution in [0.2, 0.25) is 0 Å². The lowest BCUT2D eigenvalue weighted by atomic mass is 10.1. The zero-order valence-corrected chi connectivity index (χ0v) is 12.3. The van der Waals surface area contributed by atoms with Crippen molar-refractivity contribution in [2.24, 2.45) is 11.7 Å². The van der Waals surface area contributed by atoms with Crippen LogP contribution in [0.1, 0.15) is 31.7 Å². The summed E-state index contributed by atoms with van der Waals surface area (Å²) in [5.41, 5.74) is 7.47. The second-order valence-electron chi connectivity index (χ2n) is 5.56. The molecule has 0 radical (unpaired) electrons. The maximum absolute atomic E-state index is 11.9. The molecule has 1 amide bonds. The van der Waals surface area contributed by atoms with E-state index < -0.39 is 0 Å². The number of rotatable bonds is 6. The number of nitrogens with one attached hydrogen (secondary N) is 1. The van der Waals surface area contributed by atoms with E-state index in [4.69, 9.17) is 5.73 Å². The van der Waals surface area contributed by atoms with E-state index in [9.17, 15) is 4.79 Å².